The van der Waals surface area contributed by atoms with Crippen LogP contribution in [0.4, 0.5) is 0 Å². The molecule has 3 aliphatic heterocycles. The zero-order valence-electron chi connectivity index (χ0n) is 19.5. The van der Waals surface area contributed by atoms with Crippen LogP contribution >= 0.6 is 11.6 Å². The first kappa shape index (κ1) is 22.5. The molecule has 35 heavy (non-hydrogen) atoms. The van der Waals surface area contributed by atoms with Gasteiger partial charge in [0.15, 0.2) is 11.5 Å². The molecule has 3 aliphatic rings. The highest BCUT2D eigenvalue weighted by Crippen LogP contribution is 2.45. The summed E-state index contributed by atoms with van der Waals surface area (Å²) in [6.07, 6.45) is 4.65. The quantitative estimate of drug-likeness (QED) is 0.504. The van der Waals surface area contributed by atoms with Gasteiger partial charge in [-0.25, -0.2) is 0 Å². The third-order valence-corrected chi connectivity index (χ3v) is 7.57. The van der Waals surface area contributed by atoms with Crippen molar-refractivity contribution in [2.24, 2.45) is 0 Å². The highest BCUT2D eigenvalue weighted by molar-refractivity contribution is 6.30. The van der Waals surface area contributed by atoms with Crippen molar-refractivity contribution in [3.63, 3.8) is 0 Å². The van der Waals surface area contributed by atoms with E-state index < -0.39 is 5.60 Å². The number of nitrogens with zero attached hydrogens (tertiary/aromatic N) is 1. The lowest BCUT2D eigenvalue weighted by Crippen LogP contribution is -2.42. The Labute approximate surface area is 210 Å². The normalized spacial score (nSPS) is 19.5. The number of benzene rings is 3. The predicted molar refractivity (Wildman–Crippen MR) is 136 cm³/mol. The maximum absolute atomic E-state index is 11.2. The van der Waals surface area contributed by atoms with E-state index in [0.717, 1.165) is 54.4 Å². The monoisotopic (exact) mass is 489 g/mol. The van der Waals surface area contributed by atoms with E-state index in [-0.39, 0.29) is 6.79 Å². The molecule has 0 radical (unpaired) electrons. The number of hydrogen-bond donors (Lipinski definition) is 1. The largest absolute Gasteiger partial charge is 0.488 e. The number of aliphatic hydroxyl groups is 1. The molecule has 0 saturated carbocycles. The standard InChI is InChI=1S/C29H28ClNO4/c30-22-9-7-21(8-10-22)29(32)11-14-31(15-12-29)13-3-6-24-23-5-2-1-4-20(23)18-33-26-17-28-27(16-25(24)26)34-19-35-28/h1-2,4-10,16-17,32H,3,11-15,18-19H2. The van der Waals surface area contributed by atoms with Gasteiger partial charge in [-0.15, -0.1) is 0 Å². The molecule has 0 aromatic heterocycles. The summed E-state index contributed by atoms with van der Waals surface area (Å²) in [5.74, 6) is 2.31. The fraction of sp³-hybridized carbons (Fsp3) is 0.310. The van der Waals surface area contributed by atoms with E-state index in [2.05, 4.69) is 35.2 Å². The topological polar surface area (TPSA) is 51.2 Å². The third kappa shape index (κ3) is 4.40. The Morgan fingerprint density at radius 1 is 0.886 bits per heavy atom. The Morgan fingerprint density at radius 3 is 2.43 bits per heavy atom. The van der Waals surface area contributed by atoms with Crippen molar-refractivity contribution in [1.82, 2.24) is 4.90 Å². The van der Waals surface area contributed by atoms with Crippen molar-refractivity contribution in [3.05, 3.63) is 94.0 Å². The molecule has 1 fully saturated rings. The van der Waals surface area contributed by atoms with Crippen LogP contribution in [0.1, 0.15) is 41.5 Å². The van der Waals surface area contributed by atoms with Gasteiger partial charge in [0.2, 0.25) is 6.79 Å². The second kappa shape index (κ2) is 9.23. The summed E-state index contributed by atoms with van der Waals surface area (Å²) in [6.45, 7) is 3.42. The van der Waals surface area contributed by atoms with Crippen LogP contribution in [-0.4, -0.2) is 36.4 Å². The number of likely N-dealkylation sites (tertiary alicyclic amines) is 1. The lowest BCUT2D eigenvalue weighted by molar-refractivity contribution is -0.0254. The minimum absolute atomic E-state index is 0.241. The van der Waals surface area contributed by atoms with Crippen molar-refractivity contribution in [2.75, 3.05) is 26.4 Å². The van der Waals surface area contributed by atoms with Gasteiger partial charge in [0.25, 0.3) is 0 Å². The molecule has 180 valence electrons. The lowest BCUT2D eigenvalue weighted by Gasteiger charge is -2.38. The van der Waals surface area contributed by atoms with E-state index in [0.29, 0.717) is 24.5 Å². The Morgan fingerprint density at radius 2 is 1.63 bits per heavy atom. The number of piperidine rings is 1. The number of hydrogen-bond acceptors (Lipinski definition) is 5. The van der Waals surface area contributed by atoms with E-state index >= 15 is 0 Å². The van der Waals surface area contributed by atoms with E-state index in [1.165, 1.54) is 16.7 Å². The maximum Gasteiger partial charge on any atom is 0.231 e. The van der Waals surface area contributed by atoms with Crippen molar-refractivity contribution in [3.8, 4) is 17.2 Å². The Balaban J connectivity index is 1.20. The average molecular weight is 490 g/mol. The summed E-state index contributed by atoms with van der Waals surface area (Å²) in [4.78, 5) is 2.43. The molecule has 0 bridgehead atoms. The van der Waals surface area contributed by atoms with Crippen molar-refractivity contribution in [2.45, 2.75) is 31.5 Å². The summed E-state index contributed by atoms with van der Waals surface area (Å²) in [5, 5.41) is 11.9. The summed E-state index contributed by atoms with van der Waals surface area (Å²) in [7, 11) is 0. The van der Waals surface area contributed by atoms with Gasteiger partial charge >= 0.3 is 0 Å². The molecule has 0 spiro atoms. The number of ether oxygens (including phenoxy) is 3. The number of halogens is 1. The Hall–Kier alpha value is -2.99. The van der Waals surface area contributed by atoms with Gasteiger partial charge in [0.05, 0.1) is 5.60 Å². The minimum atomic E-state index is -0.779. The SMILES string of the molecule is OC1(c2ccc(Cl)cc2)CCN(CCC=C2c3ccccc3COc3cc4c(cc32)OCO4)CC1. The Kier molecular flexibility index (Phi) is 5.93. The molecule has 5 nitrogen and oxygen atoms in total. The maximum atomic E-state index is 11.2. The second-order valence-electron chi connectivity index (χ2n) is 9.43. The van der Waals surface area contributed by atoms with Crippen molar-refractivity contribution >= 4 is 17.2 Å². The van der Waals surface area contributed by atoms with E-state index in [1.807, 2.05) is 36.4 Å². The van der Waals surface area contributed by atoms with Crippen molar-refractivity contribution in [1.29, 1.82) is 0 Å². The van der Waals surface area contributed by atoms with Gasteiger partial charge in [0, 0.05) is 36.3 Å². The molecule has 1 saturated heterocycles. The average Bonchev–Trinajstić information content (AvgIpc) is 3.28. The van der Waals surface area contributed by atoms with Crippen LogP contribution in [0.5, 0.6) is 17.2 Å². The number of rotatable bonds is 4. The Bertz CT molecular complexity index is 1260. The van der Waals surface area contributed by atoms with Crippen molar-refractivity contribution < 1.29 is 19.3 Å². The van der Waals surface area contributed by atoms with Crippen LogP contribution in [0.15, 0.2) is 66.7 Å². The first-order chi connectivity index (χ1) is 17.1. The second-order valence-corrected chi connectivity index (χ2v) is 9.87. The smallest absolute Gasteiger partial charge is 0.231 e. The summed E-state index contributed by atoms with van der Waals surface area (Å²) >= 11 is 6.03. The molecule has 3 aromatic carbocycles. The fourth-order valence-corrected chi connectivity index (χ4v) is 5.40. The molecule has 6 heteroatoms. The molecule has 3 heterocycles. The first-order valence-electron chi connectivity index (χ1n) is 12.2. The van der Waals surface area contributed by atoms with Crippen LogP contribution < -0.4 is 14.2 Å². The van der Waals surface area contributed by atoms with Gasteiger partial charge in [-0.2, -0.15) is 0 Å². The molecule has 0 unspecified atom stereocenters. The van der Waals surface area contributed by atoms with Gasteiger partial charge in [-0.05, 0) is 59.7 Å². The zero-order chi connectivity index (χ0) is 23.8. The summed E-state index contributed by atoms with van der Waals surface area (Å²) < 4.78 is 17.4. The molecule has 0 atom stereocenters. The van der Waals surface area contributed by atoms with Gasteiger partial charge in [-0.3, -0.25) is 0 Å². The van der Waals surface area contributed by atoms with Crippen LogP contribution in [-0.2, 0) is 12.2 Å². The lowest BCUT2D eigenvalue weighted by atomic mass is 9.84. The molecule has 1 N–H and O–H groups in total. The molecular weight excluding hydrogens is 462 g/mol. The van der Waals surface area contributed by atoms with Gasteiger partial charge < -0.3 is 24.2 Å². The predicted octanol–water partition coefficient (Wildman–Crippen LogP) is 5.77. The fourth-order valence-electron chi connectivity index (χ4n) is 5.27. The van der Waals surface area contributed by atoms with Crippen LogP contribution in [0, 0.1) is 0 Å². The van der Waals surface area contributed by atoms with Crippen LogP contribution in [0.25, 0.3) is 5.57 Å². The van der Waals surface area contributed by atoms with Gasteiger partial charge in [0.1, 0.15) is 12.4 Å². The van der Waals surface area contributed by atoms with E-state index in [4.69, 9.17) is 25.8 Å². The molecule has 3 aromatic rings. The van der Waals surface area contributed by atoms with E-state index in [9.17, 15) is 5.11 Å². The molecule has 6 rings (SSSR count). The summed E-state index contributed by atoms with van der Waals surface area (Å²) in [6, 6.07) is 20.0. The van der Waals surface area contributed by atoms with Crippen LogP contribution in [0.2, 0.25) is 5.02 Å². The molecule has 0 amide bonds. The molecule has 0 aliphatic carbocycles. The highest BCUT2D eigenvalue weighted by Gasteiger charge is 2.33. The third-order valence-electron chi connectivity index (χ3n) is 7.31. The zero-order valence-corrected chi connectivity index (χ0v) is 20.3. The number of fused-ring (bicyclic) bond motifs is 3. The van der Waals surface area contributed by atoms with Gasteiger partial charge in [-0.1, -0.05) is 54.1 Å². The molecular formula is C29H28ClNO4. The van der Waals surface area contributed by atoms with E-state index in [1.54, 1.807) is 0 Å². The first-order valence-corrected chi connectivity index (χ1v) is 12.5. The minimum Gasteiger partial charge on any atom is -0.488 e. The summed E-state index contributed by atoms with van der Waals surface area (Å²) in [5.41, 5.74) is 4.74. The highest BCUT2D eigenvalue weighted by atomic mass is 35.5. The van der Waals surface area contributed by atoms with Crippen LogP contribution in [0.3, 0.4) is 0 Å².